The van der Waals surface area contributed by atoms with E-state index in [4.69, 9.17) is 4.74 Å². The molecular weight excluding hydrogens is 454 g/mol. The van der Waals surface area contributed by atoms with Crippen LogP contribution in [0.4, 0.5) is 4.79 Å². The molecule has 0 spiro atoms. The fourth-order valence-electron chi connectivity index (χ4n) is 3.87. The molecule has 0 fully saturated rings. The Balaban J connectivity index is 2.52. The number of aryl methyl sites for hydroxylation is 1. The van der Waals surface area contributed by atoms with Crippen LogP contribution < -0.4 is 10.6 Å². The Labute approximate surface area is 214 Å². The van der Waals surface area contributed by atoms with Crippen LogP contribution in [-0.4, -0.2) is 47.0 Å². The van der Waals surface area contributed by atoms with Crippen molar-refractivity contribution in [2.75, 3.05) is 6.54 Å². The van der Waals surface area contributed by atoms with E-state index in [1.54, 1.807) is 26.8 Å². The topological polar surface area (TPSA) is 87.7 Å². The van der Waals surface area contributed by atoms with E-state index in [2.05, 4.69) is 17.2 Å². The zero-order valence-electron chi connectivity index (χ0n) is 22.2. The molecule has 2 rings (SSSR count). The quantitative estimate of drug-likeness (QED) is 0.469. The van der Waals surface area contributed by atoms with Crippen molar-refractivity contribution >= 4 is 17.9 Å². The van der Waals surface area contributed by atoms with Gasteiger partial charge in [-0.15, -0.1) is 6.58 Å². The minimum Gasteiger partial charge on any atom is -0.444 e. The summed E-state index contributed by atoms with van der Waals surface area (Å²) in [7, 11) is 0. The number of nitrogens with zero attached hydrogens (tertiary/aromatic N) is 1. The predicted molar refractivity (Wildman–Crippen MR) is 142 cm³/mol. The van der Waals surface area contributed by atoms with Crippen LogP contribution in [0.5, 0.6) is 0 Å². The summed E-state index contributed by atoms with van der Waals surface area (Å²) < 4.78 is 5.44. The largest absolute Gasteiger partial charge is 0.444 e. The van der Waals surface area contributed by atoms with Crippen LogP contribution in [0.2, 0.25) is 0 Å². The molecule has 0 saturated carbocycles. The van der Waals surface area contributed by atoms with Crippen LogP contribution in [0, 0.1) is 6.92 Å². The van der Waals surface area contributed by atoms with Gasteiger partial charge in [0, 0.05) is 19.0 Å². The molecule has 0 saturated heterocycles. The van der Waals surface area contributed by atoms with Crippen molar-refractivity contribution < 1.29 is 19.1 Å². The summed E-state index contributed by atoms with van der Waals surface area (Å²) in [6.45, 7) is 14.9. The van der Waals surface area contributed by atoms with E-state index in [0.717, 1.165) is 11.1 Å². The van der Waals surface area contributed by atoms with Crippen molar-refractivity contribution in [3.05, 3.63) is 83.9 Å². The molecule has 194 valence electrons. The van der Waals surface area contributed by atoms with Gasteiger partial charge in [-0.3, -0.25) is 9.59 Å². The number of hydrogen-bond donors (Lipinski definition) is 2. The fourth-order valence-corrected chi connectivity index (χ4v) is 3.87. The zero-order chi connectivity index (χ0) is 26.9. The molecule has 0 aliphatic rings. The molecule has 2 atom stereocenters. The number of carbonyl (C=O) groups excluding carboxylic acids is 3. The third-order valence-electron chi connectivity index (χ3n) is 5.35. The maximum atomic E-state index is 14.1. The van der Waals surface area contributed by atoms with Gasteiger partial charge in [0.25, 0.3) is 0 Å². The van der Waals surface area contributed by atoms with Gasteiger partial charge >= 0.3 is 6.09 Å². The predicted octanol–water partition coefficient (Wildman–Crippen LogP) is 4.71. The number of rotatable bonds is 10. The fraction of sp³-hybridized carbons (Fsp3) is 0.414. The molecule has 0 radical (unpaired) electrons. The molecule has 0 aliphatic carbocycles. The van der Waals surface area contributed by atoms with Crippen molar-refractivity contribution in [1.82, 2.24) is 15.5 Å². The first kappa shape index (κ1) is 28.6. The second kappa shape index (κ2) is 12.9. The van der Waals surface area contributed by atoms with E-state index >= 15 is 0 Å². The molecule has 0 aliphatic heterocycles. The number of amides is 3. The van der Waals surface area contributed by atoms with Gasteiger partial charge in [-0.05, 0) is 58.2 Å². The molecule has 7 nitrogen and oxygen atoms in total. The molecule has 2 unspecified atom stereocenters. The lowest BCUT2D eigenvalue weighted by molar-refractivity contribution is -0.142. The van der Waals surface area contributed by atoms with Crippen LogP contribution in [0.3, 0.4) is 0 Å². The summed E-state index contributed by atoms with van der Waals surface area (Å²) in [5, 5.41) is 5.69. The third kappa shape index (κ3) is 8.56. The first-order valence-electron chi connectivity index (χ1n) is 12.2. The number of benzene rings is 2. The van der Waals surface area contributed by atoms with E-state index < -0.39 is 29.7 Å². The normalized spacial score (nSPS) is 12.9. The monoisotopic (exact) mass is 493 g/mol. The van der Waals surface area contributed by atoms with Gasteiger partial charge in [0.15, 0.2) is 0 Å². The highest BCUT2D eigenvalue weighted by Gasteiger charge is 2.36. The van der Waals surface area contributed by atoms with Gasteiger partial charge in [0.05, 0.1) is 0 Å². The summed E-state index contributed by atoms with van der Waals surface area (Å²) in [4.78, 5) is 41.7. The van der Waals surface area contributed by atoms with E-state index in [0.29, 0.717) is 5.56 Å². The highest BCUT2D eigenvalue weighted by atomic mass is 16.6. The minimum atomic E-state index is -0.958. The zero-order valence-corrected chi connectivity index (χ0v) is 22.2. The smallest absolute Gasteiger partial charge is 0.408 e. The van der Waals surface area contributed by atoms with Crippen LogP contribution in [-0.2, 0) is 20.7 Å². The van der Waals surface area contributed by atoms with Crippen LogP contribution in [0.1, 0.15) is 57.4 Å². The van der Waals surface area contributed by atoms with Gasteiger partial charge in [-0.1, -0.05) is 60.7 Å². The summed E-state index contributed by atoms with van der Waals surface area (Å²) in [5.41, 5.74) is 1.72. The first-order valence-corrected chi connectivity index (χ1v) is 12.2. The Morgan fingerprint density at radius 3 is 2.17 bits per heavy atom. The number of ether oxygens (including phenoxy) is 1. The van der Waals surface area contributed by atoms with Crippen molar-refractivity contribution in [2.24, 2.45) is 0 Å². The molecule has 36 heavy (non-hydrogen) atoms. The maximum Gasteiger partial charge on any atom is 0.408 e. The van der Waals surface area contributed by atoms with Crippen LogP contribution in [0.15, 0.2) is 67.3 Å². The van der Waals surface area contributed by atoms with Gasteiger partial charge in [0.1, 0.15) is 17.7 Å². The van der Waals surface area contributed by atoms with Crippen LogP contribution >= 0.6 is 0 Å². The average molecular weight is 494 g/mol. The highest BCUT2D eigenvalue weighted by molar-refractivity contribution is 5.92. The second-order valence-corrected chi connectivity index (χ2v) is 10.1. The van der Waals surface area contributed by atoms with E-state index in [-0.39, 0.29) is 24.9 Å². The lowest BCUT2D eigenvalue weighted by Gasteiger charge is -2.35. The molecule has 2 aromatic rings. The Morgan fingerprint density at radius 2 is 1.61 bits per heavy atom. The van der Waals surface area contributed by atoms with Crippen molar-refractivity contribution in [3.8, 4) is 0 Å². The Kier molecular flexibility index (Phi) is 10.3. The summed E-state index contributed by atoms with van der Waals surface area (Å²) >= 11 is 0. The third-order valence-corrected chi connectivity index (χ3v) is 5.35. The summed E-state index contributed by atoms with van der Waals surface area (Å²) in [6, 6.07) is 14.9. The van der Waals surface area contributed by atoms with Gasteiger partial charge in [-0.25, -0.2) is 4.79 Å². The Hall–Kier alpha value is -3.61. The Bertz CT molecular complexity index is 1040. The van der Waals surface area contributed by atoms with Crippen LogP contribution in [0.25, 0.3) is 0 Å². The van der Waals surface area contributed by atoms with Gasteiger partial charge in [0.2, 0.25) is 11.8 Å². The van der Waals surface area contributed by atoms with Gasteiger partial charge in [-0.2, -0.15) is 0 Å². The molecule has 2 aromatic carbocycles. The highest BCUT2D eigenvalue weighted by Crippen LogP contribution is 2.26. The number of carbonyl (C=O) groups is 3. The molecule has 0 aromatic heterocycles. The maximum absolute atomic E-state index is 14.1. The van der Waals surface area contributed by atoms with E-state index in [1.165, 1.54) is 4.90 Å². The molecule has 2 N–H and O–H groups in total. The molecule has 7 heteroatoms. The van der Waals surface area contributed by atoms with E-state index in [1.807, 2.05) is 75.4 Å². The molecule has 0 heterocycles. The van der Waals surface area contributed by atoms with Gasteiger partial charge < -0.3 is 20.3 Å². The van der Waals surface area contributed by atoms with E-state index in [9.17, 15) is 14.4 Å². The molecule has 0 bridgehead atoms. The lowest BCUT2D eigenvalue weighted by atomic mass is 9.97. The average Bonchev–Trinajstić information content (AvgIpc) is 2.78. The Morgan fingerprint density at radius 1 is 1.00 bits per heavy atom. The SMILES string of the molecule is C=CCN(C(=O)C(Cc1ccccc1)NC(=O)OC(C)(C)C)C(C(=O)NC(C)C)c1ccccc1C. The minimum absolute atomic E-state index is 0.116. The number of hydrogen-bond acceptors (Lipinski definition) is 4. The first-order chi connectivity index (χ1) is 16.9. The second-order valence-electron chi connectivity index (χ2n) is 10.1. The summed E-state index contributed by atoms with van der Waals surface area (Å²) in [6.07, 6.45) is 1.12. The molecule has 3 amide bonds. The van der Waals surface area contributed by atoms with Crippen molar-refractivity contribution in [1.29, 1.82) is 0 Å². The number of alkyl carbamates (subject to hydrolysis) is 1. The lowest BCUT2D eigenvalue weighted by Crippen LogP contribution is -2.54. The standard InChI is InChI=1S/C29H39N3O4/c1-8-18-32(25(26(33)30-20(2)3)23-17-13-12-14-21(23)4)27(34)24(19-22-15-10-9-11-16-22)31-28(35)36-29(5,6)7/h8-17,20,24-25H,1,18-19H2,2-7H3,(H,30,33)(H,31,35). The van der Waals surface area contributed by atoms with Crippen molar-refractivity contribution in [3.63, 3.8) is 0 Å². The van der Waals surface area contributed by atoms with Crippen molar-refractivity contribution in [2.45, 2.75) is 71.7 Å². The summed E-state index contributed by atoms with van der Waals surface area (Å²) in [5.74, 6) is -0.706. The molecular formula is C29H39N3O4. The number of nitrogens with one attached hydrogen (secondary N) is 2.